The van der Waals surface area contributed by atoms with E-state index in [-0.39, 0.29) is 11.9 Å². The number of benzene rings is 1. The van der Waals surface area contributed by atoms with Gasteiger partial charge in [0.25, 0.3) is 5.91 Å². The van der Waals surface area contributed by atoms with Crippen molar-refractivity contribution in [2.24, 2.45) is 7.05 Å². The van der Waals surface area contributed by atoms with Gasteiger partial charge in [0.05, 0.1) is 0 Å². The summed E-state index contributed by atoms with van der Waals surface area (Å²) in [7, 11) is 1.91. The zero-order valence-corrected chi connectivity index (χ0v) is 14.2. The molecule has 122 valence electrons. The fourth-order valence-corrected chi connectivity index (χ4v) is 3.48. The first-order valence-corrected chi connectivity index (χ1v) is 8.45. The molecule has 0 spiro atoms. The SMILES string of the molecule is CC(C)c1cc(C(=O)N2CCCC2Cc2ccccc2)nn1C. The van der Waals surface area contributed by atoms with E-state index in [1.807, 2.05) is 28.8 Å². The van der Waals surface area contributed by atoms with E-state index < -0.39 is 0 Å². The van der Waals surface area contributed by atoms with E-state index in [2.05, 4.69) is 43.2 Å². The van der Waals surface area contributed by atoms with Crippen LogP contribution in [0, 0.1) is 0 Å². The van der Waals surface area contributed by atoms with Crippen LogP contribution < -0.4 is 0 Å². The van der Waals surface area contributed by atoms with Gasteiger partial charge in [-0.05, 0) is 36.8 Å². The highest BCUT2D eigenvalue weighted by Gasteiger charge is 2.31. The molecule has 1 amide bonds. The number of nitrogens with zero attached hydrogens (tertiary/aromatic N) is 3. The van der Waals surface area contributed by atoms with Crippen LogP contribution in [0.15, 0.2) is 36.4 Å². The standard InChI is InChI=1S/C19H25N3O/c1-14(2)18-13-17(20-21(18)3)19(23)22-11-7-10-16(22)12-15-8-5-4-6-9-15/h4-6,8-9,13-14,16H,7,10-12H2,1-3H3. The van der Waals surface area contributed by atoms with Crippen molar-refractivity contribution in [3.63, 3.8) is 0 Å². The van der Waals surface area contributed by atoms with Gasteiger partial charge in [0.15, 0.2) is 5.69 Å². The van der Waals surface area contributed by atoms with Crippen LogP contribution >= 0.6 is 0 Å². The Labute approximate surface area is 138 Å². The lowest BCUT2D eigenvalue weighted by Crippen LogP contribution is -2.37. The Morgan fingerprint density at radius 2 is 2.04 bits per heavy atom. The normalized spacial score (nSPS) is 17.9. The van der Waals surface area contributed by atoms with E-state index in [1.165, 1.54) is 5.56 Å². The quantitative estimate of drug-likeness (QED) is 0.868. The molecule has 3 rings (SSSR count). The first-order chi connectivity index (χ1) is 11.1. The zero-order valence-electron chi connectivity index (χ0n) is 14.2. The summed E-state index contributed by atoms with van der Waals surface area (Å²) >= 11 is 0. The fourth-order valence-electron chi connectivity index (χ4n) is 3.48. The molecule has 23 heavy (non-hydrogen) atoms. The minimum Gasteiger partial charge on any atom is -0.334 e. The average Bonchev–Trinajstić information content (AvgIpc) is 3.14. The number of aromatic nitrogens is 2. The van der Waals surface area contributed by atoms with Gasteiger partial charge in [0.1, 0.15) is 0 Å². The molecule has 1 aliphatic rings. The molecule has 4 nitrogen and oxygen atoms in total. The number of likely N-dealkylation sites (tertiary alicyclic amines) is 1. The first kappa shape index (κ1) is 15.8. The van der Waals surface area contributed by atoms with Crippen LogP contribution in [0.3, 0.4) is 0 Å². The highest BCUT2D eigenvalue weighted by molar-refractivity contribution is 5.92. The molecule has 4 heteroatoms. The van der Waals surface area contributed by atoms with E-state index in [4.69, 9.17) is 0 Å². The van der Waals surface area contributed by atoms with Gasteiger partial charge in [-0.3, -0.25) is 9.48 Å². The molecule has 1 aromatic heterocycles. The Bertz CT molecular complexity index is 675. The molecular formula is C19H25N3O. The summed E-state index contributed by atoms with van der Waals surface area (Å²) in [5.74, 6) is 0.443. The smallest absolute Gasteiger partial charge is 0.274 e. The lowest BCUT2D eigenvalue weighted by molar-refractivity contribution is 0.0729. The van der Waals surface area contributed by atoms with E-state index in [0.29, 0.717) is 11.6 Å². The molecule has 0 radical (unpaired) electrons. The maximum absolute atomic E-state index is 12.9. The van der Waals surface area contributed by atoms with Crippen molar-refractivity contribution in [2.45, 2.75) is 45.1 Å². The lowest BCUT2D eigenvalue weighted by Gasteiger charge is -2.24. The van der Waals surface area contributed by atoms with Gasteiger partial charge < -0.3 is 4.90 Å². The molecule has 1 aromatic carbocycles. The Morgan fingerprint density at radius 1 is 1.30 bits per heavy atom. The number of aryl methyl sites for hydroxylation is 1. The van der Waals surface area contributed by atoms with Crippen LogP contribution in [-0.4, -0.2) is 33.2 Å². The molecule has 2 aromatic rings. The van der Waals surface area contributed by atoms with Crippen molar-refractivity contribution >= 4 is 5.91 Å². The van der Waals surface area contributed by atoms with Crippen LogP contribution in [0.5, 0.6) is 0 Å². The summed E-state index contributed by atoms with van der Waals surface area (Å²) in [4.78, 5) is 14.9. The second-order valence-electron chi connectivity index (χ2n) is 6.72. The zero-order chi connectivity index (χ0) is 16.4. The van der Waals surface area contributed by atoms with Crippen LogP contribution in [-0.2, 0) is 13.5 Å². The second kappa shape index (κ2) is 6.57. The number of hydrogen-bond donors (Lipinski definition) is 0. The predicted molar refractivity (Wildman–Crippen MR) is 91.5 cm³/mol. The third-order valence-electron chi connectivity index (χ3n) is 4.68. The largest absolute Gasteiger partial charge is 0.334 e. The van der Waals surface area contributed by atoms with Gasteiger partial charge in [-0.15, -0.1) is 0 Å². The Hall–Kier alpha value is -2.10. The number of carbonyl (C=O) groups excluding carboxylic acids is 1. The van der Waals surface area contributed by atoms with Crippen LogP contribution in [0.2, 0.25) is 0 Å². The van der Waals surface area contributed by atoms with E-state index in [0.717, 1.165) is 31.5 Å². The fraction of sp³-hybridized carbons (Fsp3) is 0.474. The van der Waals surface area contributed by atoms with E-state index in [9.17, 15) is 4.79 Å². The maximum atomic E-state index is 12.9. The van der Waals surface area contributed by atoms with Crippen LogP contribution in [0.1, 0.15) is 54.4 Å². The van der Waals surface area contributed by atoms with Crippen molar-refractivity contribution in [2.75, 3.05) is 6.54 Å². The van der Waals surface area contributed by atoms with Crippen molar-refractivity contribution in [1.82, 2.24) is 14.7 Å². The van der Waals surface area contributed by atoms with Crippen molar-refractivity contribution in [3.8, 4) is 0 Å². The summed E-state index contributed by atoms with van der Waals surface area (Å²) in [5.41, 5.74) is 2.98. The molecule has 0 N–H and O–H groups in total. The van der Waals surface area contributed by atoms with Crippen molar-refractivity contribution in [3.05, 3.63) is 53.3 Å². The summed E-state index contributed by atoms with van der Waals surface area (Å²) in [6, 6.07) is 12.7. The van der Waals surface area contributed by atoms with Crippen molar-refractivity contribution < 1.29 is 4.79 Å². The minimum absolute atomic E-state index is 0.0749. The Kier molecular flexibility index (Phi) is 4.51. The van der Waals surface area contributed by atoms with Gasteiger partial charge >= 0.3 is 0 Å². The molecule has 1 fully saturated rings. The number of carbonyl (C=O) groups is 1. The molecule has 0 saturated carbocycles. The summed E-state index contributed by atoms with van der Waals surface area (Å²) in [5, 5.41) is 4.44. The van der Waals surface area contributed by atoms with Crippen LogP contribution in [0.4, 0.5) is 0 Å². The average molecular weight is 311 g/mol. The molecule has 1 atom stereocenters. The number of hydrogen-bond acceptors (Lipinski definition) is 2. The number of amides is 1. The third kappa shape index (κ3) is 3.31. The van der Waals surface area contributed by atoms with Gasteiger partial charge in [0.2, 0.25) is 0 Å². The first-order valence-electron chi connectivity index (χ1n) is 8.45. The molecule has 1 aliphatic heterocycles. The Balaban J connectivity index is 1.77. The summed E-state index contributed by atoms with van der Waals surface area (Å²) in [6.07, 6.45) is 3.08. The molecule has 0 aliphatic carbocycles. The summed E-state index contributed by atoms with van der Waals surface area (Å²) in [6.45, 7) is 5.09. The minimum atomic E-state index is 0.0749. The monoisotopic (exact) mass is 311 g/mol. The van der Waals surface area contributed by atoms with Gasteiger partial charge in [-0.1, -0.05) is 44.2 Å². The highest BCUT2D eigenvalue weighted by Crippen LogP contribution is 2.24. The molecule has 1 saturated heterocycles. The van der Waals surface area contributed by atoms with Crippen molar-refractivity contribution in [1.29, 1.82) is 0 Å². The van der Waals surface area contributed by atoms with Gasteiger partial charge in [0, 0.05) is 25.3 Å². The lowest BCUT2D eigenvalue weighted by atomic mass is 10.0. The highest BCUT2D eigenvalue weighted by atomic mass is 16.2. The van der Waals surface area contributed by atoms with Gasteiger partial charge in [-0.25, -0.2) is 0 Å². The molecular weight excluding hydrogens is 286 g/mol. The van der Waals surface area contributed by atoms with Gasteiger partial charge in [-0.2, -0.15) is 5.10 Å². The predicted octanol–water partition coefficient (Wildman–Crippen LogP) is 3.39. The topological polar surface area (TPSA) is 38.1 Å². The third-order valence-corrected chi connectivity index (χ3v) is 4.68. The maximum Gasteiger partial charge on any atom is 0.274 e. The molecule has 1 unspecified atom stereocenters. The summed E-state index contributed by atoms with van der Waals surface area (Å²) < 4.78 is 1.83. The second-order valence-corrected chi connectivity index (χ2v) is 6.72. The number of rotatable bonds is 4. The van der Waals surface area contributed by atoms with E-state index in [1.54, 1.807) is 0 Å². The molecule has 0 bridgehead atoms. The van der Waals surface area contributed by atoms with E-state index >= 15 is 0 Å². The van der Waals surface area contributed by atoms with Crippen LogP contribution in [0.25, 0.3) is 0 Å². The molecule has 2 heterocycles. The Morgan fingerprint density at radius 3 is 2.70 bits per heavy atom.